The van der Waals surface area contributed by atoms with Gasteiger partial charge in [-0.1, -0.05) is 4.49 Å². The van der Waals surface area contributed by atoms with Crippen LogP contribution in [0.2, 0.25) is 0 Å². The topological polar surface area (TPSA) is 96.2 Å². The number of hydrogen-bond acceptors (Lipinski definition) is 7. The van der Waals surface area contributed by atoms with E-state index in [0.717, 1.165) is 17.2 Å². The zero-order valence-electron chi connectivity index (χ0n) is 9.86. The van der Waals surface area contributed by atoms with Crippen LogP contribution < -0.4 is 16.6 Å². The quantitative estimate of drug-likeness (QED) is 0.500. The van der Waals surface area contributed by atoms with Gasteiger partial charge < -0.3 is 10.7 Å². The Morgan fingerprint density at radius 2 is 2.41 bits per heavy atom. The highest BCUT2D eigenvalue weighted by Crippen LogP contribution is 2.24. The van der Waals surface area contributed by atoms with E-state index < -0.39 is 5.54 Å². The molecule has 0 radical (unpaired) electrons. The lowest BCUT2D eigenvalue weighted by Gasteiger charge is -2.40. The number of nitrogens with zero attached hydrogens (tertiary/aromatic N) is 3. The minimum atomic E-state index is -0.534. The lowest BCUT2D eigenvalue weighted by atomic mass is 9.99. The minimum Gasteiger partial charge on any atom is -0.353 e. The number of nitrogen functional groups attached to an aromatic ring is 1. The number of carbonyl (C=O) groups excluding carboxylic acids is 1. The molecule has 1 fully saturated rings. The number of carbonyl (C=O) groups is 1. The molecule has 1 aliphatic heterocycles. The summed E-state index contributed by atoms with van der Waals surface area (Å²) in [5.74, 6) is 5.41. The monoisotopic (exact) mass is 256 g/mol. The Morgan fingerprint density at radius 3 is 3.12 bits per heavy atom. The molecule has 1 saturated heterocycles. The Kier molecular flexibility index (Phi) is 3.27. The molecule has 4 N–H and O–H groups in total. The van der Waals surface area contributed by atoms with Crippen LogP contribution in [-0.4, -0.2) is 39.0 Å². The molecule has 8 heteroatoms. The normalized spacial score (nSPS) is 20.1. The molecule has 2 heterocycles. The van der Waals surface area contributed by atoms with Crippen LogP contribution in [-0.2, 0) is 11.3 Å². The molecule has 0 aliphatic carbocycles. The van der Waals surface area contributed by atoms with Gasteiger partial charge in [-0.3, -0.25) is 9.69 Å². The predicted molar refractivity (Wildman–Crippen MR) is 65.2 cm³/mol. The summed E-state index contributed by atoms with van der Waals surface area (Å²) in [7, 11) is 0. The average Bonchev–Trinajstić information content (AvgIpc) is 2.72. The molecule has 1 amide bonds. The highest BCUT2D eigenvalue weighted by molar-refractivity contribution is 7.10. The van der Waals surface area contributed by atoms with E-state index in [2.05, 4.69) is 25.2 Å². The first-order valence-corrected chi connectivity index (χ1v) is 6.14. The van der Waals surface area contributed by atoms with Crippen LogP contribution >= 0.6 is 11.5 Å². The zero-order valence-corrected chi connectivity index (χ0v) is 10.7. The molecule has 2 rings (SSSR count). The highest BCUT2D eigenvalue weighted by atomic mass is 32.1. The third-order valence-corrected chi connectivity index (χ3v) is 3.74. The van der Waals surface area contributed by atoms with E-state index in [0.29, 0.717) is 13.1 Å². The van der Waals surface area contributed by atoms with E-state index >= 15 is 0 Å². The van der Waals surface area contributed by atoms with Crippen molar-refractivity contribution in [1.82, 2.24) is 19.8 Å². The van der Waals surface area contributed by atoms with E-state index in [1.807, 2.05) is 13.8 Å². The molecule has 17 heavy (non-hydrogen) atoms. The Balaban J connectivity index is 2.15. The van der Waals surface area contributed by atoms with E-state index in [-0.39, 0.29) is 5.91 Å². The lowest BCUT2D eigenvalue weighted by molar-refractivity contribution is -0.135. The van der Waals surface area contributed by atoms with Gasteiger partial charge in [0.05, 0.1) is 5.54 Å². The number of aromatic nitrogens is 2. The van der Waals surface area contributed by atoms with Crippen molar-refractivity contribution in [3.63, 3.8) is 0 Å². The van der Waals surface area contributed by atoms with Crippen molar-refractivity contribution in [1.29, 1.82) is 0 Å². The van der Waals surface area contributed by atoms with Gasteiger partial charge in [0.2, 0.25) is 5.91 Å². The first-order chi connectivity index (χ1) is 8.05. The fourth-order valence-corrected chi connectivity index (χ4v) is 2.31. The van der Waals surface area contributed by atoms with Gasteiger partial charge in [-0.05, 0) is 13.8 Å². The highest BCUT2D eigenvalue weighted by Gasteiger charge is 2.38. The molecule has 1 aromatic rings. The maximum absolute atomic E-state index is 11.8. The van der Waals surface area contributed by atoms with Gasteiger partial charge >= 0.3 is 0 Å². The fraction of sp³-hybridized carbons (Fsp3) is 0.667. The van der Waals surface area contributed by atoms with Crippen molar-refractivity contribution in [2.24, 2.45) is 5.84 Å². The minimum absolute atomic E-state index is 0.0363. The second-order valence-electron chi connectivity index (χ2n) is 4.43. The summed E-state index contributed by atoms with van der Waals surface area (Å²) in [4.78, 5) is 13.9. The van der Waals surface area contributed by atoms with Crippen molar-refractivity contribution in [2.45, 2.75) is 25.9 Å². The van der Waals surface area contributed by atoms with Crippen molar-refractivity contribution < 1.29 is 4.79 Å². The van der Waals surface area contributed by atoms with Gasteiger partial charge in [-0.15, -0.1) is 5.10 Å². The maximum Gasteiger partial charge on any atom is 0.240 e. The van der Waals surface area contributed by atoms with Crippen molar-refractivity contribution in [3.05, 3.63) is 5.69 Å². The number of hydrazine groups is 1. The fourth-order valence-electron chi connectivity index (χ4n) is 1.82. The van der Waals surface area contributed by atoms with Crippen molar-refractivity contribution >= 4 is 22.4 Å². The molecular weight excluding hydrogens is 240 g/mol. The molecule has 0 spiro atoms. The molecule has 1 aromatic heterocycles. The molecular formula is C9H16N6OS. The SMILES string of the molecule is CC1(C)C(=O)NCCN1Cc1nnsc1NN. The first-order valence-electron chi connectivity index (χ1n) is 5.37. The van der Waals surface area contributed by atoms with Gasteiger partial charge in [0.1, 0.15) is 10.7 Å². The van der Waals surface area contributed by atoms with E-state index in [9.17, 15) is 4.79 Å². The number of anilines is 1. The van der Waals surface area contributed by atoms with Gasteiger partial charge in [-0.2, -0.15) is 0 Å². The molecule has 0 bridgehead atoms. The van der Waals surface area contributed by atoms with Gasteiger partial charge in [0, 0.05) is 31.2 Å². The van der Waals surface area contributed by atoms with Crippen molar-refractivity contribution in [3.8, 4) is 0 Å². The molecule has 1 aliphatic rings. The Labute approximate surface area is 104 Å². The van der Waals surface area contributed by atoms with Gasteiger partial charge in [-0.25, -0.2) is 5.84 Å². The Hall–Kier alpha value is -1.25. The third-order valence-electron chi connectivity index (χ3n) is 3.04. The summed E-state index contributed by atoms with van der Waals surface area (Å²) in [6, 6.07) is 0. The second-order valence-corrected chi connectivity index (χ2v) is 5.18. The van der Waals surface area contributed by atoms with Crippen LogP contribution in [0.25, 0.3) is 0 Å². The molecule has 0 aromatic carbocycles. The number of rotatable bonds is 3. The maximum atomic E-state index is 11.8. The number of amides is 1. The molecule has 0 saturated carbocycles. The summed E-state index contributed by atoms with van der Waals surface area (Å²) >= 11 is 1.21. The number of piperazine rings is 1. The summed E-state index contributed by atoms with van der Waals surface area (Å²) in [5.41, 5.74) is 2.81. The lowest BCUT2D eigenvalue weighted by Crippen LogP contribution is -2.61. The summed E-state index contributed by atoms with van der Waals surface area (Å²) in [6.45, 7) is 5.82. The number of nitrogens with one attached hydrogen (secondary N) is 2. The van der Waals surface area contributed by atoms with Crippen LogP contribution in [0.5, 0.6) is 0 Å². The van der Waals surface area contributed by atoms with Gasteiger partial charge in [0.15, 0.2) is 0 Å². The molecule has 0 atom stereocenters. The van der Waals surface area contributed by atoms with Crippen LogP contribution in [0.1, 0.15) is 19.5 Å². The van der Waals surface area contributed by atoms with E-state index in [1.165, 1.54) is 11.5 Å². The van der Waals surface area contributed by atoms with E-state index in [4.69, 9.17) is 5.84 Å². The largest absolute Gasteiger partial charge is 0.353 e. The van der Waals surface area contributed by atoms with Gasteiger partial charge in [0.25, 0.3) is 0 Å². The average molecular weight is 256 g/mol. The molecule has 7 nitrogen and oxygen atoms in total. The standard InChI is InChI=1S/C9H16N6OS/c1-9(2)8(16)11-3-4-15(9)5-6-7(12-10)17-14-13-6/h12H,3-5,10H2,1-2H3,(H,11,16). The van der Waals surface area contributed by atoms with Crippen LogP contribution in [0.15, 0.2) is 0 Å². The third kappa shape index (κ3) is 2.24. The Morgan fingerprint density at radius 1 is 1.65 bits per heavy atom. The second kappa shape index (κ2) is 4.55. The van der Waals surface area contributed by atoms with Crippen LogP contribution in [0, 0.1) is 0 Å². The first kappa shape index (κ1) is 12.2. The number of nitrogens with two attached hydrogens (primary N) is 1. The number of hydrogen-bond donors (Lipinski definition) is 3. The van der Waals surface area contributed by atoms with Crippen LogP contribution in [0.4, 0.5) is 5.00 Å². The summed E-state index contributed by atoms with van der Waals surface area (Å²) in [5, 5.41) is 7.62. The summed E-state index contributed by atoms with van der Waals surface area (Å²) < 4.78 is 3.85. The molecule has 94 valence electrons. The van der Waals surface area contributed by atoms with E-state index in [1.54, 1.807) is 0 Å². The summed E-state index contributed by atoms with van der Waals surface area (Å²) in [6.07, 6.45) is 0. The Bertz CT molecular complexity index is 417. The smallest absolute Gasteiger partial charge is 0.240 e. The zero-order chi connectivity index (χ0) is 12.5. The molecule has 0 unspecified atom stereocenters. The predicted octanol–water partition coefficient (Wildman–Crippen LogP) is -0.466. The van der Waals surface area contributed by atoms with Crippen molar-refractivity contribution in [2.75, 3.05) is 18.5 Å². The van der Waals surface area contributed by atoms with Crippen LogP contribution in [0.3, 0.4) is 0 Å².